The Morgan fingerprint density at radius 3 is 2.17 bits per heavy atom. The zero-order valence-corrected chi connectivity index (χ0v) is 18.4. The fourth-order valence-electron chi connectivity index (χ4n) is 3.48. The molecule has 0 aliphatic carbocycles. The van der Waals surface area contributed by atoms with Gasteiger partial charge in [0.05, 0.1) is 6.42 Å². The maximum Gasteiger partial charge on any atom is 0.242 e. The molecule has 0 saturated carbocycles. The number of aryl methyl sites for hydroxylation is 2. The third-order valence-electron chi connectivity index (χ3n) is 5.29. The topological polar surface area (TPSA) is 49.4 Å². The van der Waals surface area contributed by atoms with Gasteiger partial charge in [0.15, 0.2) is 0 Å². The molecule has 0 saturated heterocycles. The standard InChI is InChI=1S/C25H34N2O2/c1-6-20(4)26-25(29)21(5)27(13-12-22-10-8-7-9-11-22)24(28)17-23-15-18(2)14-19(3)16-23/h7-11,14-16,20-21H,6,12-13,17H2,1-5H3,(H,26,29)/t20-,21-/m1/s1. The van der Waals surface area contributed by atoms with Gasteiger partial charge >= 0.3 is 0 Å². The fourth-order valence-corrected chi connectivity index (χ4v) is 3.48. The second kappa shape index (κ2) is 10.8. The van der Waals surface area contributed by atoms with Gasteiger partial charge in [-0.05, 0) is 51.7 Å². The van der Waals surface area contributed by atoms with Crippen molar-refractivity contribution in [3.63, 3.8) is 0 Å². The van der Waals surface area contributed by atoms with Crippen LogP contribution in [0, 0.1) is 13.8 Å². The molecule has 2 aromatic carbocycles. The molecule has 4 nitrogen and oxygen atoms in total. The Bertz CT molecular complexity index is 797. The Morgan fingerprint density at radius 2 is 1.59 bits per heavy atom. The molecule has 1 N–H and O–H groups in total. The van der Waals surface area contributed by atoms with Crippen LogP contribution in [0.2, 0.25) is 0 Å². The predicted octanol–water partition coefficient (Wildman–Crippen LogP) is 4.22. The Balaban J connectivity index is 2.17. The van der Waals surface area contributed by atoms with Gasteiger partial charge in [0, 0.05) is 12.6 Å². The van der Waals surface area contributed by atoms with Gasteiger partial charge in [0.2, 0.25) is 11.8 Å². The van der Waals surface area contributed by atoms with Crippen LogP contribution in [0.5, 0.6) is 0 Å². The fraction of sp³-hybridized carbons (Fsp3) is 0.440. The summed E-state index contributed by atoms with van der Waals surface area (Å²) < 4.78 is 0. The first-order valence-electron chi connectivity index (χ1n) is 10.5. The van der Waals surface area contributed by atoms with Crippen LogP contribution >= 0.6 is 0 Å². The number of hydrogen-bond acceptors (Lipinski definition) is 2. The molecule has 0 bridgehead atoms. The first-order valence-corrected chi connectivity index (χ1v) is 10.5. The maximum atomic E-state index is 13.2. The Morgan fingerprint density at radius 1 is 0.966 bits per heavy atom. The normalized spacial score (nSPS) is 12.9. The van der Waals surface area contributed by atoms with Crippen LogP contribution in [0.1, 0.15) is 49.4 Å². The van der Waals surface area contributed by atoms with Crippen molar-refractivity contribution in [2.45, 2.75) is 66.0 Å². The summed E-state index contributed by atoms with van der Waals surface area (Å²) in [6.07, 6.45) is 1.89. The highest BCUT2D eigenvalue weighted by Gasteiger charge is 2.26. The molecule has 0 aliphatic rings. The number of nitrogens with one attached hydrogen (secondary N) is 1. The Kier molecular flexibility index (Phi) is 8.44. The number of benzene rings is 2. The third-order valence-corrected chi connectivity index (χ3v) is 5.29. The van der Waals surface area contributed by atoms with Crippen molar-refractivity contribution in [1.82, 2.24) is 10.2 Å². The molecular weight excluding hydrogens is 360 g/mol. The van der Waals surface area contributed by atoms with E-state index in [9.17, 15) is 9.59 Å². The minimum atomic E-state index is -0.508. The summed E-state index contributed by atoms with van der Waals surface area (Å²) in [5, 5.41) is 3.01. The molecule has 0 heterocycles. The van der Waals surface area contributed by atoms with E-state index in [1.54, 1.807) is 4.90 Å². The summed E-state index contributed by atoms with van der Waals surface area (Å²) in [6, 6.07) is 15.9. The lowest BCUT2D eigenvalue weighted by molar-refractivity contribution is -0.139. The van der Waals surface area contributed by atoms with Crippen LogP contribution in [0.3, 0.4) is 0 Å². The minimum Gasteiger partial charge on any atom is -0.352 e. The van der Waals surface area contributed by atoms with Crippen molar-refractivity contribution >= 4 is 11.8 Å². The molecule has 2 rings (SSSR count). The molecular formula is C25H34N2O2. The number of rotatable bonds is 9. The molecule has 0 aromatic heterocycles. The van der Waals surface area contributed by atoms with E-state index in [1.807, 2.05) is 65.0 Å². The van der Waals surface area contributed by atoms with Crippen molar-refractivity contribution in [2.75, 3.05) is 6.54 Å². The van der Waals surface area contributed by atoms with Crippen molar-refractivity contribution < 1.29 is 9.59 Å². The van der Waals surface area contributed by atoms with Crippen molar-refractivity contribution in [3.05, 3.63) is 70.8 Å². The summed E-state index contributed by atoms with van der Waals surface area (Å²) >= 11 is 0. The molecule has 2 amide bonds. The smallest absolute Gasteiger partial charge is 0.242 e. The maximum absolute atomic E-state index is 13.2. The van der Waals surface area contributed by atoms with Crippen molar-refractivity contribution in [3.8, 4) is 0 Å². The van der Waals surface area contributed by atoms with E-state index in [-0.39, 0.29) is 17.9 Å². The second-order valence-corrected chi connectivity index (χ2v) is 7.99. The number of nitrogens with zero attached hydrogens (tertiary/aromatic N) is 1. The van der Waals surface area contributed by atoms with Gasteiger partial charge in [-0.2, -0.15) is 0 Å². The molecule has 0 aliphatic heterocycles. The third kappa shape index (κ3) is 7.04. The number of amides is 2. The van der Waals surface area contributed by atoms with Gasteiger partial charge in [-0.1, -0.05) is 66.6 Å². The Hall–Kier alpha value is -2.62. The Labute approximate surface area is 175 Å². The summed E-state index contributed by atoms with van der Waals surface area (Å²) in [5.74, 6) is -0.112. The average molecular weight is 395 g/mol. The highest BCUT2D eigenvalue weighted by atomic mass is 16.2. The SMILES string of the molecule is CC[C@@H](C)NC(=O)[C@@H](C)N(CCc1ccccc1)C(=O)Cc1cc(C)cc(C)c1. The molecule has 2 atom stereocenters. The van der Waals surface area contributed by atoms with Crippen LogP contribution in [0.4, 0.5) is 0 Å². The van der Waals surface area contributed by atoms with Crippen LogP contribution in [0.15, 0.2) is 48.5 Å². The number of hydrogen-bond donors (Lipinski definition) is 1. The monoisotopic (exact) mass is 394 g/mol. The van der Waals surface area contributed by atoms with Crippen LogP contribution < -0.4 is 5.32 Å². The van der Waals surface area contributed by atoms with Crippen LogP contribution in [0.25, 0.3) is 0 Å². The van der Waals surface area contributed by atoms with Crippen LogP contribution in [-0.2, 0) is 22.4 Å². The average Bonchev–Trinajstić information content (AvgIpc) is 2.67. The summed E-state index contributed by atoms with van der Waals surface area (Å²) in [6.45, 7) is 10.4. The van der Waals surface area contributed by atoms with E-state index in [4.69, 9.17) is 0 Å². The summed E-state index contributed by atoms with van der Waals surface area (Å²) in [7, 11) is 0. The van der Waals surface area contributed by atoms with Gasteiger partial charge in [0.1, 0.15) is 6.04 Å². The largest absolute Gasteiger partial charge is 0.352 e. The zero-order valence-electron chi connectivity index (χ0n) is 18.4. The first kappa shape index (κ1) is 22.7. The van der Waals surface area contributed by atoms with E-state index >= 15 is 0 Å². The molecule has 2 aromatic rings. The van der Waals surface area contributed by atoms with E-state index in [2.05, 4.69) is 23.5 Å². The summed E-state index contributed by atoms with van der Waals surface area (Å²) in [5.41, 5.74) is 4.44. The van der Waals surface area contributed by atoms with Gasteiger partial charge in [-0.3, -0.25) is 9.59 Å². The highest BCUT2D eigenvalue weighted by Crippen LogP contribution is 2.13. The lowest BCUT2D eigenvalue weighted by Gasteiger charge is -2.30. The van der Waals surface area contributed by atoms with Crippen molar-refractivity contribution in [1.29, 1.82) is 0 Å². The molecule has 156 valence electrons. The number of carbonyl (C=O) groups is 2. The van der Waals surface area contributed by atoms with Gasteiger partial charge in [-0.25, -0.2) is 0 Å². The molecule has 4 heteroatoms. The van der Waals surface area contributed by atoms with Gasteiger partial charge in [-0.15, -0.1) is 0 Å². The van der Waals surface area contributed by atoms with E-state index in [0.717, 1.165) is 35.1 Å². The zero-order chi connectivity index (χ0) is 21.4. The molecule has 0 radical (unpaired) electrons. The van der Waals surface area contributed by atoms with Crippen molar-refractivity contribution in [2.24, 2.45) is 0 Å². The predicted molar refractivity (Wildman–Crippen MR) is 119 cm³/mol. The molecule has 0 unspecified atom stereocenters. The van der Waals surface area contributed by atoms with E-state index in [1.165, 1.54) is 0 Å². The lowest BCUT2D eigenvalue weighted by Crippen LogP contribution is -2.50. The van der Waals surface area contributed by atoms with E-state index < -0.39 is 6.04 Å². The molecule has 0 spiro atoms. The minimum absolute atomic E-state index is 0.0160. The first-order chi connectivity index (χ1) is 13.8. The molecule has 29 heavy (non-hydrogen) atoms. The lowest BCUT2D eigenvalue weighted by atomic mass is 10.0. The van der Waals surface area contributed by atoms with Gasteiger partial charge < -0.3 is 10.2 Å². The quantitative estimate of drug-likeness (QED) is 0.692. The number of carbonyl (C=O) groups excluding carboxylic acids is 2. The van der Waals surface area contributed by atoms with E-state index in [0.29, 0.717) is 13.0 Å². The molecule has 0 fully saturated rings. The van der Waals surface area contributed by atoms with Gasteiger partial charge in [0.25, 0.3) is 0 Å². The highest BCUT2D eigenvalue weighted by molar-refractivity contribution is 5.88. The summed E-state index contributed by atoms with van der Waals surface area (Å²) in [4.78, 5) is 27.7. The van der Waals surface area contributed by atoms with Crippen LogP contribution in [-0.4, -0.2) is 35.3 Å². The second-order valence-electron chi connectivity index (χ2n) is 7.99.